The Labute approximate surface area is 177 Å². The van der Waals surface area contributed by atoms with E-state index in [4.69, 9.17) is 4.74 Å². The van der Waals surface area contributed by atoms with Crippen molar-refractivity contribution in [2.75, 3.05) is 49.2 Å². The van der Waals surface area contributed by atoms with Gasteiger partial charge in [-0.3, -0.25) is 9.48 Å². The van der Waals surface area contributed by atoms with Crippen LogP contribution >= 0.6 is 0 Å². The van der Waals surface area contributed by atoms with Crippen molar-refractivity contribution in [3.63, 3.8) is 0 Å². The molecule has 0 N–H and O–H groups in total. The van der Waals surface area contributed by atoms with E-state index in [1.807, 2.05) is 53.8 Å². The Hall–Kier alpha value is -2.55. The number of piperazine rings is 1. The molecular weight excluding hydrogens is 404 g/mol. The third-order valence-corrected chi connectivity index (χ3v) is 7.65. The van der Waals surface area contributed by atoms with Crippen LogP contribution in [-0.4, -0.2) is 73.3 Å². The van der Waals surface area contributed by atoms with E-state index in [2.05, 4.69) is 10.00 Å². The summed E-state index contributed by atoms with van der Waals surface area (Å²) in [6, 6.07) is 9.26. The summed E-state index contributed by atoms with van der Waals surface area (Å²) in [7, 11) is -2.96. The van der Waals surface area contributed by atoms with Crippen molar-refractivity contribution in [3.8, 4) is 5.75 Å². The summed E-state index contributed by atoms with van der Waals surface area (Å²) in [6.45, 7) is 6.69. The van der Waals surface area contributed by atoms with Crippen molar-refractivity contribution in [1.82, 2.24) is 14.7 Å². The Kier molecular flexibility index (Phi) is 5.73. The van der Waals surface area contributed by atoms with Gasteiger partial charge in [0.15, 0.2) is 16.4 Å². The number of anilines is 1. The molecule has 30 heavy (non-hydrogen) atoms. The van der Waals surface area contributed by atoms with Gasteiger partial charge in [-0.25, -0.2) is 8.42 Å². The van der Waals surface area contributed by atoms with Gasteiger partial charge in [-0.15, -0.1) is 0 Å². The van der Waals surface area contributed by atoms with E-state index >= 15 is 0 Å². The lowest BCUT2D eigenvalue weighted by atomic mass is 10.2. The van der Waals surface area contributed by atoms with Crippen LogP contribution in [-0.2, 0) is 14.6 Å². The van der Waals surface area contributed by atoms with Gasteiger partial charge in [-0.1, -0.05) is 18.2 Å². The highest BCUT2D eigenvalue weighted by Gasteiger charge is 2.33. The van der Waals surface area contributed by atoms with Gasteiger partial charge in [0.05, 0.1) is 34.6 Å². The first-order valence-electron chi connectivity index (χ1n) is 10.3. The van der Waals surface area contributed by atoms with Crippen molar-refractivity contribution in [3.05, 3.63) is 41.7 Å². The van der Waals surface area contributed by atoms with Gasteiger partial charge in [-0.2, -0.15) is 5.10 Å². The minimum absolute atomic E-state index is 0.0150. The Balaban J connectivity index is 1.37. The van der Waals surface area contributed by atoms with E-state index in [9.17, 15) is 13.2 Å². The molecule has 2 fully saturated rings. The Morgan fingerprint density at radius 1 is 1.13 bits per heavy atom. The molecule has 0 radical (unpaired) electrons. The zero-order valence-electron chi connectivity index (χ0n) is 17.5. The number of sulfone groups is 1. The van der Waals surface area contributed by atoms with E-state index in [-0.39, 0.29) is 30.1 Å². The molecular formula is C21H28N4O4S. The number of ether oxygens (including phenoxy) is 1. The van der Waals surface area contributed by atoms with Gasteiger partial charge in [0.25, 0.3) is 5.91 Å². The van der Waals surface area contributed by atoms with Crippen LogP contribution in [0, 0.1) is 13.8 Å². The number of hydrogen-bond donors (Lipinski definition) is 0. The molecule has 2 saturated heterocycles. The highest BCUT2D eigenvalue weighted by Crippen LogP contribution is 2.31. The van der Waals surface area contributed by atoms with Gasteiger partial charge < -0.3 is 14.5 Å². The quantitative estimate of drug-likeness (QED) is 0.713. The molecule has 9 heteroatoms. The number of aromatic nitrogens is 2. The first-order chi connectivity index (χ1) is 14.3. The molecule has 1 aromatic heterocycles. The summed E-state index contributed by atoms with van der Waals surface area (Å²) in [5.41, 5.74) is 2.97. The molecule has 8 nitrogen and oxygen atoms in total. The van der Waals surface area contributed by atoms with Crippen molar-refractivity contribution in [2.24, 2.45) is 0 Å². The van der Waals surface area contributed by atoms with E-state index in [1.165, 1.54) is 0 Å². The van der Waals surface area contributed by atoms with Crippen LogP contribution in [0.25, 0.3) is 0 Å². The van der Waals surface area contributed by atoms with E-state index in [1.54, 1.807) is 0 Å². The van der Waals surface area contributed by atoms with Gasteiger partial charge in [0.1, 0.15) is 5.75 Å². The van der Waals surface area contributed by atoms with Gasteiger partial charge in [0.2, 0.25) is 0 Å². The van der Waals surface area contributed by atoms with Gasteiger partial charge in [0, 0.05) is 26.2 Å². The Bertz CT molecular complexity index is 1010. The highest BCUT2D eigenvalue weighted by molar-refractivity contribution is 7.91. The number of amides is 1. The molecule has 2 aliphatic heterocycles. The number of aryl methyl sites for hydroxylation is 1. The summed E-state index contributed by atoms with van der Waals surface area (Å²) in [4.78, 5) is 16.6. The zero-order valence-corrected chi connectivity index (χ0v) is 18.3. The predicted octanol–water partition coefficient (Wildman–Crippen LogP) is 1.59. The summed E-state index contributed by atoms with van der Waals surface area (Å²) < 4.78 is 31.2. The number of para-hydroxylation sites is 1. The third kappa shape index (κ3) is 4.30. The Morgan fingerprint density at radius 3 is 2.47 bits per heavy atom. The number of benzene rings is 1. The summed E-state index contributed by atoms with van der Waals surface area (Å²) in [6.07, 6.45) is 0.618. The average Bonchev–Trinajstić information content (AvgIpc) is 3.25. The maximum Gasteiger partial charge on any atom is 0.260 e. The SMILES string of the molecule is Cc1nn(C2CCS(=O)(=O)C2)c(C)c1N1CCN(C(=O)COc2ccccc2)CC1. The standard InChI is InChI=1S/C21H28N4O4S/c1-16-21(17(2)25(22-16)18-8-13-30(27,28)15-18)24-11-9-23(10-12-24)20(26)14-29-19-6-4-3-5-7-19/h3-7,18H,8-15H2,1-2H3. The lowest BCUT2D eigenvalue weighted by Gasteiger charge is -2.36. The lowest BCUT2D eigenvalue weighted by molar-refractivity contribution is -0.133. The van der Waals surface area contributed by atoms with Crippen LogP contribution in [0.3, 0.4) is 0 Å². The second-order valence-electron chi connectivity index (χ2n) is 7.99. The average molecular weight is 433 g/mol. The maximum atomic E-state index is 12.5. The summed E-state index contributed by atoms with van der Waals surface area (Å²) >= 11 is 0. The van der Waals surface area contributed by atoms with E-state index < -0.39 is 9.84 Å². The Morgan fingerprint density at radius 2 is 1.83 bits per heavy atom. The third-order valence-electron chi connectivity index (χ3n) is 5.90. The smallest absolute Gasteiger partial charge is 0.260 e. The van der Waals surface area contributed by atoms with Gasteiger partial charge in [-0.05, 0) is 32.4 Å². The maximum absolute atomic E-state index is 12.5. The van der Waals surface area contributed by atoms with E-state index in [0.29, 0.717) is 38.3 Å². The zero-order chi connectivity index (χ0) is 21.3. The molecule has 3 heterocycles. The molecule has 0 bridgehead atoms. The predicted molar refractivity (Wildman–Crippen MR) is 115 cm³/mol. The molecule has 0 saturated carbocycles. The molecule has 2 aromatic rings. The van der Waals surface area contributed by atoms with Crippen LogP contribution in [0.4, 0.5) is 5.69 Å². The lowest BCUT2D eigenvalue weighted by Crippen LogP contribution is -2.50. The fourth-order valence-corrected chi connectivity index (χ4v) is 6.06. The number of nitrogens with zero attached hydrogens (tertiary/aromatic N) is 4. The van der Waals surface area contributed by atoms with Crippen molar-refractivity contribution < 1.29 is 17.9 Å². The monoisotopic (exact) mass is 432 g/mol. The second kappa shape index (κ2) is 8.29. The first kappa shape index (κ1) is 20.7. The minimum Gasteiger partial charge on any atom is -0.484 e. The normalized spacial score (nSPS) is 21.1. The molecule has 1 aromatic carbocycles. The molecule has 2 aliphatic rings. The molecule has 4 rings (SSSR count). The second-order valence-corrected chi connectivity index (χ2v) is 10.2. The molecule has 1 unspecified atom stereocenters. The van der Waals surface area contributed by atoms with Crippen LogP contribution in [0.1, 0.15) is 23.9 Å². The molecule has 0 spiro atoms. The number of carbonyl (C=O) groups is 1. The molecule has 1 atom stereocenters. The largest absolute Gasteiger partial charge is 0.484 e. The van der Waals surface area contributed by atoms with Gasteiger partial charge >= 0.3 is 0 Å². The van der Waals surface area contributed by atoms with Crippen LogP contribution in [0.2, 0.25) is 0 Å². The van der Waals surface area contributed by atoms with Crippen molar-refractivity contribution >= 4 is 21.4 Å². The molecule has 1 amide bonds. The van der Waals surface area contributed by atoms with Crippen LogP contribution < -0.4 is 9.64 Å². The number of rotatable bonds is 5. The summed E-state index contributed by atoms with van der Waals surface area (Å²) in [5.74, 6) is 1.07. The summed E-state index contributed by atoms with van der Waals surface area (Å²) in [5, 5.41) is 4.66. The van der Waals surface area contributed by atoms with E-state index in [0.717, 1.165) is 17.1 Å². The van der Waals surface area contributed by atoms with Crippen molar-refractivity contribution in [1.29, 1.82) is 0 Å². The fourth-order valence-electron chi connectivity index (χ4n) is 4.37. The van der Waals surface area contributed by atoms with Crippen molar-refractivity contribution in [2.45, 2.75) is 26.3 Å². The minimum atomic E-state index is -2.96. The molecule has 0 aliphatic carbocycles. The number of carbonyl (C=O) groups excluding carboxylic acids is 1. The first-order valence-corrected chi connectivity index (χ1v) is 12.1. The number of hydrogen-bond acceptors (Lipinski definition) is 6. The highest BCUT2D eigenvalue weighted by atomic mass is 32.2. The van der Waals surface area contributed by atoms with Crippen LogP contribution in [0.5, 0.6) is 5.75 Å². The topological polar surface area (TPSA) is 84.7 Å². The molecule has 162 valence electrons. The fraction of sp³-hybridized carbons (Fsp3) is 0.524. The van der Waals surface area contributed by atoms with Crippen LogP contribution in [0.15, 0.2) is 30.3 Å².